The molecule has 0 spiro atoms. The minimum Gasteiger partial charge on any atom is -0.492 e. The molecule has 0 saturated heterocycles. The molecule has 0 radical (unpaired) electrons. The van der Waals surface area contributed by atoms with Crippen LogP contribution in [0.15, 0.2) is 36.7 Å². The molecule has 19 heavy (non-hydrogen) atoms. The van der Waals surface area contributed by atoms with Gasteiger partial charge in [-0.15, -0.1) is 0 Å². The first-order valence-electron chi connectivity index (χ1n) is 6.52. The maximum atomic E-state index is 5.71. The summed E-state index contributed by atoms with van der Waals surface area (Å²) in [5.74, 6) is 2.01. The van der Waals surface area contributed by atoms with Crippen LogP contribution in [0.2, 0.25) is 0 Å². The molecule has 0 saturated carbocycles. The fourth-order valence-electron chi connectivity index (χ4n) is 2.27. The summed E-state index contributed by atoms with van der Waals surface area (Å²) in [6, 6.07) is 7.51. The minimum atomic E-state index is 0.685. The fourth-order valence-corrected chi connectivity index (χ4v) is 2.27. The Morgan fingerprint density at radius 3 is 2.89 bits per heavy atom. The Bertz CT molecular complexity index is 535. The number of ether oxygens (including phenoxy) is 1. The highest BCUT2D eigenvalue weighted by atomic mass is 16.5. The second kappa shape index (κ2) is 5.32. The third-order valence-corrected chi connectivity index (χ3v) is 3.38. The number of nitrogens with two attached hydrogens (primary N) is 1. The smallest absolute Gasteiger partial charge is 0.122 e. The van der Waals surface area contributed by atoms with Crippen LogP contribution < -0.4 is 10.5 Å². The minimum absolute atomic E-state index is 0.685. The molecule has 0 unspecified atom stereocenters. The summed E-state index contributed by atoms with van der Waals surface area (Å²) in [5.41, 5.74) is 6.39. The average Bonchev–Trinajstić information content (AvgIpc) is 2.88. The molecule has 0 amide bonds. The molecule has 3 rings (SSSR count). The lowest BCUT2D eigenvalue weighted by molar-refractivity contribution is 0.175. The SMILES string of the molecule is Nc1ccc(OCCN2CCn3ccnc3C2)cc1. The number of benzene rings is 1. The lowest BCUT2D eigenvalue weighted by Crippen LogP contribution is -2.36. The number of nitrogens with zero attached hydrogens (tertiary/aromatic N) is 3. The van der Waals surface area contributed by atoms with E-state index < -0.39 is 0 Å². The topological polar surface area (TPSA) is 56.3 Å². The molecule has 0 fully saturated rings. The van der Waals surface area contributed by atoms with Gasteiger partial charge < -0.3 is 15.0 Å². The Balaban J connectivity index is 1.47. The van der Waals surface area contributed by atoms with E-state index in [-0.39, 0.29) is 0 Å². The first kappa shape index (κ1) is 12.0. The number of hydrogen-bond donors (Lipinski definition) is 1. The predicted octanol–water partition coefficient (Wildman–Crippen LogP) is 1.36. The molecule has 1 aliphatic heterocycles. The predicted molar refractivity (Wildman–Crippen MR) is 73.9 cm³/mol. The fraction of sp³-hybridized carbons (Fsp3) is 0.357. The number of hydrogen-bond acceptors (Lipinski definition) is 4. The Kier molecular flexibility index (Phi) is 3.37. The van der Waals surface area contributed by atoms with Crippen molar-refractivity contribution in [3.05, 3.63) is 42.5 Å². The van der Waals surface area contributed by atoms with Gasteiger partial charge in [0.25, 0.3) is 0 Å². The molecule has 1 aliphatic rings. The zero-order valence-electron chi connectivity index (χ0n) is 10.8. The van der Waals surface area contributed by atoms with Crippen LogP contribution in [0.5, 0.6) is 5.75 Å². The van der Waals surface area contributed by atoms with Crippen LogP contribution in [0.25, 0.3) is 0 Å². The highest BCUT2D eigenvalue weighted by Crippen LogP contribution is 2.14. The van der Waals surface area contributed by atoms with Crippen molar-refractivity contribution in [2.24, 2.45) is 0 Å². The van der Waals surface area contributed by atoms with Crippen LogP contribution in [0.3, 0.4) is 0 Å². The molecule has 0 aliphatic carbocycles. The molecule has 5 nitrogen and oxygen atoms in total. The van der Waals surface area contributed by atoms with Crippen molar-refractivity contribution >= 4 is 5.69 Å². The molecule has 0 bridgehead atoms. The number of anilines is 1. The molecule has 1 aromatic heterocycles. The summed E-state index contributed by atoms with van der Waals surface area (Å²) >= 11 is 0. The van der Waals surface area contributed by atoms with Crippen LogP contribution >= 0.6 is 0 Å². The normalized spacial score (nSPS) is 15.2. The number of aromatic nitrogens is 2. The quantitative estimate of drug-likeness (QED) is 0.841. The summed E-state index contributed by atoms with van der Waals surface area (Å²) in [6.07, 6.45) is 3.90. The van der Waals surface area contributed by atoms with E-state index in [1.807, 2.05) is 36.7 Å². The van der Waals surface area contributed by atoms with Gasteiger partial charge in [-0.1, -0.05) is 0 Å². The van der Waals surface area contributed by atoms with E-state index in [1.165, 1.54) is 0 Å². The molecular weight excluding hydrogens is 240 g/mol. The Labute approximate surface area is 112 Å². The third-order valence-electron chi connectivity index (χ3n) is 3.38. The van der Waals surface area contributed by atoms with E-state index in [1.54, 1.807) is 0 Å². The van der Waals surface area contributed by atoms with Gasteiger partial charge in [0.05, 0.1) is 6.54 Å². The second-order valence-electron chi connectivity index (χ2n) is 4.73. The average molecular weight is 258 g/mol. The molecule has 5 heteroatoms. The van der Waals surface area contributed by atoms with Crippen molar-refractivity contribution in [2.75, 3.05) is 25.4 Å². The van der Waals surface area contributed by atoms with E-state index in [2.05, 4.69) is 14.5 Å². The van der Waals surface area contributed by atoms with Crippen molar-refractivity contribution < 1.29 is 4.74 Å². The molecule has 100 valence electrons. The summed E-state index contributed by atoms with van der Waals surface area (Å²) in [4.78, 5) is 6.71. The van der Waals surface area contributed by atoms with Gasteiger partial charge >= 0.3 is 0 Å². The number of imidazole rings is 1. The summed E-state index contributed by atoms with van der Waals surface area (Å²) < 4.78 is 7.91. The van der Waals surface area contributed by atoms with Crippen molar-refractivity contribution in [2.45, 2.75) is 13.1 Å². The van der Waals surface area contributed by atoms with Crippen LogP contribution in [-0.2, 0) is 13.1 Å². The third kappa shape index (κ3) is 2.88. The van der Waals surface area contributed by atoms with E-state index in [4.69, 9.17) is 10.5 Å². The summed E-state index contributed by atoms with van der Waals surface area (Å²) in [5, 5.41) is 0. The lowest BCUT2D eigenvalue weighted by Gasteiger charge is -2.27. The van der Waals surface area contributed by atoms with Crippen LogP contribution in [-0.4, -0.2) is 34.1 Å². The van der Waals surface area contributed by atoms with Gasteiger partial charge in [0.15, 0.2) is 0 Å². The maximum Gasteiger partial charge on any atom is 0.122 e. The molecule has 1 aromatic carbocycles. The summed E-state index contributed by atoms with van der Waals surface area (Å²) in [7, 11) is 0. The number of nitrogen functional groups attached to an aromatic ring is 1. The van der Waals surface area contributed by atoms with Gasteiger partial charge in [-0.25, -0.2) is 4.98 Å². The molecule has 2 aromatic rings. The largest absolute Gasteiger partial charge is 0.492 e. The van der Waals surface area contributed by atoms with Crippen molar-refractivity contribution in [1.29, 1.82) is 0 Å². The molecule has 2 N–H and O–H groups in total. The second-order valence-corrected chi connectivity index (χ2v) is 4.73. The van der Waals surface area contributed by atoms with Crippen molar-refractivity contribution in [3.8, 4) is 5.75 Å². The van der Waals surface area contributed by atoms with Crippen molar-refractivity contribution in [1.82, 2.24) is 14.5 Å². The lowest BCUT2D eigenvalue weighted by atomic mass is 10.3. The van der Waals surface area contributed by atoms with E-state index in [9.17, 15) is 0 Å². The highest BCUT2D eigenvalue weighted by Gasteiger charge is 2.15. The summed E-state index contributed by atoms with van der Waals surface area (Å²) in [6.45, 7) is 4.56. The maximum absolute atomic E-state index is 5.71. The first-order chi connectivity index (χ1) is 9.31. The standard InChI is InChI=1S/C14H18N4O/c15-12-1-3-13(4-2-12)19-10-9-17-7-8-18-6-5-16-14(18)11-17/h1-6H,7-11,15H2. The van der Waals surface area contributed by atoms with Gasteiger partial charge in [0, 0.05) is 37.7 Å². The molecule has 0 atom stereocenters. The van der Waals surface area contributed by atoms with Gasteiger partial charge in [-0.2, -0.15) is 0 Å². The Morgan fingerprint density at radius 1 is 1.21 bits per heavy atom. The zero-order chi connectivity index (χ0) is 13.1. The van der Waals surface area contributed by atoms with Gasteiger partial charge in [0.2, 0.25) is 0 Å². The van der Waals surface area contributed by atoms with E-state index in [0.29, 0.717) is 6.61 Å². The van der Waals surface area contributed by atoms with Crippen LogP contribution in [0.4, 0.5) is 5.69 Å². The Morgan fingerprint density at radius 2 is 2.05 bits per heavy atom. The van der Waals surface area contributed by atoms with Crippen LogP contribution in [0, 0.1) is 0 Å². The number of rotatable bonds is 4. The van der Waals surface area contributed by atoms with Gasteiger partial charge in [-0.05, 0) is 24.3 Å². The zero-order valence-corrected chi connectivity index (χ0v) is 10.8. The molecule has 2 heterocycles. The van der Waals surface area contributed by atoms with Crippen LogP contribution in [0.1, 0.15) is 5.82 Å². The monoisotopic (exact) mass is 258 g/mol. The van der Waals surface area contributed by atoms with Crippen molar-refractivity contribution in [3.63, 3.8) is 0 Å². The molecular formula is C14H18N4O. The first-order valence-corrected chi connectivity index (χ1v) is 6.52. The van der Waals surface area contributed by atoms with E-state index in [0.717, 1.165) is 43.4 Å². The van der Waals surface area contributed by atoms with E-state index >= 15 is 0 Å². The Hall–Kier alpha value is -2.01. The number of fused-ring (bicyclic) bond motifs is 1. The van der Waals surface area contributed by atoms with Gasteiger partial charge in [0.1, 0.15) is 18.2 Å². The van der Waals surface area contributed by atoms with Gasteiger partial charge in [-0.3, -0.25) is 4.90 Å². The highest BCUT2D eigenvalue weighted by molar-refractivity contribution is 5.41.